The first-order chi connectivity index (χ1) is 8.45. The highest BCUT2D eigenvalue weighted by Gasteiger charge is 2.37. The summed E-state index contributed by atoms with van der Waals surface area (Å²) >= 11 is 0. The molecule has 0 aromatic rings. The van der Waals surface area contributed by atoms with Gasteiger partial charge in [0, 0.05) is 0 Å². The summed E-state index contributed by atoms with van der Waals surface area (Å²) in [7, 11) is 1.64. The van der Waals surface area contributed by atoms with Crippen molar-refractivity contribution >= 4 is 16.5 Å². The Hall–Kier alpha value is 0.274. The Morgan fingerprint density at radius 1 is 0.789 bits per heavy atom. The molecular formula is C13H36N4Si2. The highest BCUT2D eigenvalue weighted by Crippen LogP contribution is 2.18. The molecule has 1 N–H and O–H groups in total. The van der Waals surface area contributed by atoms with Crippen molar-refractivity contribution in [2.45, 2.75) is 59.4 Å². The predicted octanol–water partition coefficient (Wildman–Crippen LogP) is 2.65. The Morgan fingerprint density at radius 2 is 1.11 bits per heavy atom. The summed E-state index contributed by atoms with van der Waals surface area (Å²) in [5.41, 5.74) is 3.84. The van der Waals surface area contributed by atoms with Crippen LogP contribution in [0, 0.1) is 0 Å². The quantitative estimate of drug-likeness (QED) is 0.423. The van der Waals surface area contributed by atoms with Gasteiger partial charge in [-0.3, -0.25) is 14.1 Å². The van der Waals surface area contributed by atoms with Crippen LogP contribution in [0.25, 0.3) is 0 Å². The largest absolute Gasteiger partial charge is 0.284 e. The highest BCUT2D eigenvalue weighted by atomic mass is 28.4. The average Bonchev–Trinajstić information content (AvgIpc) is 2.24. The monoisotopic (exact) mass is 304 g/mol. The zero-order valence-corrected chi connectivity index (χ0v) is 16.8. The van der Waals surface area contributed by atoms with Crippen molar-refractivity contribution in [2.75, 3.05) is 27.2 Å². The van der Waals surface area contributed by atoms with E-state index in [0.717, 1.165) is 13.1 Å². The van der Waals surface area contributed by atoms with Gasteiger partial charge in [0.2, 0.25) is 0 Å². The maximum absolute atomic E-state index is 3.84. The molecule has 0 heterocycles. The van der Waals surface area contributed by atoms with Gasteiger partial charge in [-0.15, -0.1) is 0 Å². The molecule has 0 saturated heterocycles. The first-order valence-corrected chi connectivity index (χ1v) is 14.3. The summed E-state index contributed by atoms with van der Waals surface area (Å²) < 4.78 is 2.64. The normalized spacial score (nSPS) is 14.2. The minimum absolute atomic E-state index is 0.286. The number of hydrazine groups is 1. The summed E-state index contributed by atoms with van der Waals surface area (Å²) in [4.78, 5) is 4.74. The second-order valence-electron chi connectivity index (χ2n) is 7.33. The summed E-state index contributed by atoms with van der Waals surface area (Å²) in [6.07, 6.45) is 0.286. The molecule has 0 unspecified atom stereocenters. The molecule has 4 nitrogen and oxygen atoms in total. The zero-order chi connectivity index (χ0) is 15.4. The second kappa shape index (κ2) is 7.33. The van der Waals surface area contributed by atoms with Crippen LogP contribution in [-0.2, 0) is 0 Å². The molecule has 116 valence electrons. The van der Waals surface area contributed by atoms with E-state index in [2.05, 4.69) is 86.8 Å². The smallest absolute Gasteiger partial charge is 0.128 e. The third kappa shape index (κ3) is 6.05. The lowest BCUT2D eigenvalue weighted by atomic mass is 10.5. The molecular weight excluding hydrogens is 268 g/mol. The summed E-state index contributed by atoms with van der Waals surface area (Å²) in [5.74, 6) is 0. The maximum atomic E-state index is 3.84. The van der Waals surface area contributed by atoms with E-state index in [1.54, 1.807) is 0 Å². The van der Waals surface area contributed by atoms with Crippen molar-refractivity contribution in [3.63, 3.8) is 0 Å². The van der Waals surface area contributed by atoms with Crippen molar-refractivity contribution in [1.29, 1.82) is 0 Å². The van der Waals surface area contributed by atoms with Crippen LogP contribution < -0.4 is 5.43 Å². The Kier molecular flexibility index (Phi) is 7.44. The van der Waals surface area contributed by atoms with Crippen molar-refractivity contribution in [3.05, 3.63) is 0 Å². The van der Waals surface area contributed by atoms with E-state index in [0.29, 0.717) is 0 Å². The van der Waals surface area contributed by atoms with Gasteiger partial charge in [0.05, 0.1) is 0 Å². The number of nitrogens with one attached hydrogen (secondary N) is 1. The van der Waals surface area contributed by atoms with E-state index in [1.165, 1.54) is 0 Å². The van der Waals surface area contributed by atoms with Gasteiger partial charge in [-0.2, -0.15) is 0 Å². The van der Waals surface area contributed by atoms with Gasteiger partial charge in [-0.25, -0.2) is 5.43 Å². The highest BCUT2D eigenvalue weighted by molar-refractivity contribution is 6.89. The molecule has 0 aliphatic carbocycles. The molecule has 0 aromatic heterocycles. The lowest BCUT2D eigenvalue weighted by Gasteiger charge is -2.48. The second-order valence-corrected chi connectivity index (χ2v) is 17.4. The van der Waals surface area contributed by atoms with Crippen LogP contribution in [0.15, 0.2) is 0 Å². The van der Waals surface area contributed by atoms with E-state index >= 15 is 0 Å². The standard InChI is InChI=1S/C13H36N4Si2/c1-11-15(3)13(16(4)12-2)14-17(18(5,6)7)19(8,9)10/h13-14H,11-12H2,1-10H3. The van der Waals surface area contributed by atoms with Gasteiger partial charge in [-0.05, 0) is 27.2 Å². The summed E-state index contributed by atoms with van der Waals surface area (Å²) in [6, 6.07) is 0. The van der Waals surface area contributed by atoms with Gasteiger partial charge in [0.25, 0.3) is 0 Å². The van der Waals surface area contributed by atoms with Crippen LogP contribution in [-0.4, -0.2) is 64.1 Å². The topological polar surface area (TPSA) is 21.8 Å². The van der Waals surface area contributed by atoms with Gasteiger partial charge in [-0.1, -0.05) is 53.1 Å². The number of nitrogens with zero attached hydrogens (tertiary/aromatic N) is 3. The molecule has 0 radical (unpaired) electrons. The van der Waals surface area contributed by atoms with E-state index in [4.69, 9.17) is 0 Å². The van der Waals surface area contributed by atoms with Crippen LogP contribution in [0.3, 0.4) is 0 Å². The molecule has 19 heavy (non-hydrogen) atoms. The number of hydrogen-bond acceptors (Lipinski definition) is 4. The van der Waals surface area contributed by atoms with Crippen LogP contribution in [0.1, 0.15) is 13.8 Å². The fraction of sp³-hybridized carbons (Fsp3) is 1.00. The van der Waals surface area contributed by atoms with Gasteiger partial charge >= 0.3 is 0 Å². The van der Waals surface area contributed by atoms with Crippen molar-refractivity contribution < 1.29 is 0 Å². The Balaban J connectivity index is 5.16. The molecule has 0 aliphatic rings. The molecule has 0 fully saturated rings. The van der Waals surface area contributed by atoms with Gasteiger partial charge in [0.1, 0.15) is 22.8 Å². The molecule has 0 aromatic carbocycles. The molecule has 0 bridgehead atoms. The molecule has 0 spiro atoms. The zero-order valence-electron chi connectivity index (χ0n) is 14.8. The van der Waals surface area contributed by atoms with Crippen LogP contribution in [0.2, 0.25) is 39.3 Å². The van der Waals surface area contributed by atoms with Crippen LogP contribution in [0.4, 0.5) is 0 Å². The maximum Gasteiger partial charge on any atom is 0.128 e. The van der Waals surface area contributed by atoms with Crippen LogP contribution in [0.5, 0.6) is 0 Å². The van der Waals surface area contributed by atoms with Crippen LogP contribution >= 0.6 is 0 Å². The Morgan fingerprint density at radius 3 is 1.32 bits per heavy atom. The fourth-order valence-corrected chi connectivity index (χ4v) is 11.4. The minimum Gasteiger partial charge on any atom is -0.284 e. The Labute approximate surface area is 123 Å². The predicted molar refractivity (Wildman–Crippen MR) is 92.1 cm³/mol. The molecule has 0 aliphatic heterocycles. The first kappa shape index (κ1) is 19.3. The van der Waals surface area contributed by atoms with Gasteiger partial charge < -0.3 is 0 Å². The summed E-state index contributed by atoms with van der Waals surface area (Å²) in [6.45, 7) is 21.1. The molecule has 0 amide bonds. The summed E-state index contributed by atoms with van der Waals surface area (Å²) in [5, 5.41) is 0. The van der Waals surface area contributed by atoms with E-state index in [1.807, 2.05) is 0 Å². The van der Waals surface area contributed by atoms with Gasteiger partial charge in [0.15, 0.2) is 0 Å². The van der Waals surface area contributed by atoms with Crippen molar-refractivity contribution in [3.8, 4) is 0 Å². The molecule has 0 atom stereocenters. The molecule has 6 heteroatoms. The fourth-order valence-electron chi connectivity index (χ4n) is 2.39. The van der Waals surface area contributed by atoms with Crippen molar-refractivity contribution in [2.24, 2.45) is 0 Å². The Bertz CT molecular complexity index is 236. The minimum atomic E-state index is -1.37. The van der Waals surface area contributed by atoms with E-state index in [-0.39, 0.29) is 6.29 Å². The number of hydrogen-bond donors (Lipinski definition) is 1. The SMILES string of the molecule is CCN(C)C(NN([Si](C)(C)C)[Si](C)(C)C)N(C)CC. The average molecular weight is 305 g/mol. The third-order valence-electron chi connectivity index (χ3n) is 3.42. The first-order valence-electron chi connectivity index (χ1n) is 7.42. The lowest BCUT2D eigenvalue weighted by Crippen LogP contribution is -2.71. The van der Waals surface area contributed by atoms with E-state index in [9.17, 15) is 0 Å². The lowest BCUT2D eigenvalue weighted by molar-refractivity contribution is 0.0346. The third-order valence-corrected chi connectivity index (χ3v) is 10.4. The molecule has 0 saturated carbocycles. The molecule has 0 rings (SSSR count). The van der Waals surface area contributed by atoms with Crippen molar-refractivity contribution in [1.82, 2.24) is 19.6 Å². The van der Waals surface area contributed by atoms with E-state index < -0.39 is 16.5 Å². The number of rotatable bonds is 8.